The van der Waals surface area contributed by atoms with Crippen molar-refractivity contribution in [3.05, 3.63) is 30.1 Å². The van der Waals surface area contributed by atoms with Gasteiger partial charge in [0.1, 0.15) is 0 Å². The smallest absolute Gasteiger partial charge is 0.0512 e. The molecule has 88 valence electrons. The van der Waals surface area contributed by atoms with E-state index in [-0.39, 0.29) is 0 Å². The second-order valence-electron chi connectivity index (χ2n) is 4.42. The highest BCUT2D eigenvalue weighted by atomic mass is 16.5. The normalized spacial score (nSPS) is 26.1. The number of aromatic nitrogens is 1. The number of pyridine rings is 1. The molecule has 3 nitrogen and oxygen atoms in total. The van der Waals surface area contributed by atoms with Gasteiger partial charge in [-0.1, -0.05) is 6.07 Å². The van der Waals surface area contributed by atoms with Gasteiger partial charge in [0.05, 0.1) is 6.61 Å². The zero-order valence-corrected chi connectivity index (χ0v) is 10.1. The van der Waals surface area contributed by atoms with Gasteiger partial charge in [-0.05, 0) is 38.6 Å². The number of rotatable bonds is 4. The molecule has 1 aliphatic heterocycles. The molecule has 1 fully saturated rings. The Balaban J connectivity index is 2.10. The fraction of sp³-hybridized carbons (Fsp3) is 0.615. The molecule has 1 aromatic rings. The van der Waals surface area contributed by atoms with Crippen LogP contribution in [0.15, 0.2) is 24.5 Å². The van der Waals surface area contributed by atoms with Gasteiger partial charge < -0.3 is 4.74 Å². The van der Waals surface area contributed by atoms with Crippen LogP contribution in [-0.4, -0.2) is 36.7 Å². The summed E-state index contributed by atoms with van der Waals surface area (Å²) in [6.07, 6.45) is 5.03. The molecule has 0 radical (unpaired) electrons. The van der Waals surface area contributed by atoms with Gasteiger partial charge in [0.15, 0.2) is 0 Å². The first-order chi connectivity index (χ1) is 7.83. The Morgan fingerprint density at radius 3 is 3.12 bits per heavy atom. The number of hydrogen-bond donors (Lipinski definition) is 0. The molecule has 0 saturated carbocycles. The number of hydrogen-bond acceptors (Lipinski definition) is 3. The van der Waals surface area contributed by atoms with Crippen molar-refractivity contribution >= 4 is 0 Å². The van der Waals surface area contributed by atoms with Crippen LogP contribution >= 0.6 is 0 Å². The minimum atomic E-state index is 0.472. The van der Waals surface area contributed by atoms with E-state index < -0.39 is 0 Å². The second-order valence-corrected chi connectivity index (χ2v) is 4.42. The SMILES string of the molecule is CCOC[C@@H]1CCN(C)C1c1cccnc1. The lowest BCUT2D eigenvalue weighted by Gasteiger charge is -2.25. The second kappa shape index (κ2) is 5.41. The Hall–Kier alpha value is -0.930. The fourth-order valence-electron chi connectivity index (χ4n) is 2.55. The van der Waals surface area contributed by atoms with Crippen molar-refractivity contribution < 1.29 is 4.74 Å². The Morgan fingerprint density at radius 1 is 1.56 bits per heavy atom. The van der Waals surface area contributed by atoms with Crippen LogP contribution in [0.1, 0.15) is 24.9 Å². The van der Waals surface area contributed by atoms with Crippen LogP contribution < -0.4 is 0 Å². The largest absolute Gasteiger partial charge is 0.381 e. The van der Waals surface area contributed by atoms with Crippen LogP contribution in [0.5, 0.6) is 0 Å². The summed E-state index contributed by atoms with van der Waals surface area (Å²) in [6.45, 7) is 4.87. The van der Waals surface area contributed by atoms with Crippen LogP contribution in [0, 0.1) is 5.92 Å². The van der Waals surface area contributed by atoms with Crippen LogP contribution in [0.2, 0.25) is 0 Å². The van der Waals surface area contributed by atoms with Crippen molar-refractivity contribution in [2.45, 2.75) is 19.4 Å². The molecule has 2 atom stereocenters. The van der Waals surface area contributed by atoms with Gasteiger partial charge in [-0.2, -0.15) is 0 Å². The first-order valence-electron chi connectivity index (χ1n) is 6.01. The quantitative estimate of drug-likeness (QED) is 0.777. The van der Waals surface area contributed by atoms with Gasteiger partial charge in [-0.15, -0.1) is 0 Å². The van der Waals surface area contributed by atoms with Gasteiger partial charge in [0.2, 0.25) is 0 Å². The third-order valence-electron chi connectivity index (χ3n) is 3.34. The Kier molecular flexibility index (Phi) is 3.91. The van der Waals surface area contributed by atoms with Crippen LogP contribution in [0.3, 0.4) is 0 Å². The Bertz CT molecular complexity index is 315. The molecule has 0 aliphatic carbocycles. The number of ether oxygens (including phenoxy) is 1. The predicted molar refractivity (Wildman–Crippen MR) is 64.2 cm³/mol. The van der Waals surface area contributed by atoms with Gasteiger partial charge >= 0.3 is 0 Å². The average Bonchev–Trinajstić information content (AvgIpc) is 2.69. The number of nitrogens with zero attached hydrogens (tertiary/aromatic N) is 2. The molecule has 3 heteroatoms. The lowest BCUT2D eigenvalue weighted by molar-refractivity contribution is 0.0947. The number of likely N-dealkylation sites (tertiary alicyclic amines) is 1. The van der Waals surface area contributed by atoms with E-state index in [0.717, 1.165) is 19.8 Å². The molecule has 2 heterocycles. The predicted octanol–water partition coefficient (Wildman–Crippen LogP) is 2.11. The summed E-state index contributed by atoms with van der Waals surface area (Å²) in [6, 6.07) is 4.65. The van der Waals surface area contributed by atoms with Crippen LogP contribution in [0.25, 0.3) is 0 Å². The molecule has 0 aromatic carbocycles. The molecule has 0 spiro atoms. The zero-order chi connectivity index (χ0) is 11.4. The molecular formula is C13H20N2O. The standard InChI is InChI=1S/C13H20N2O/c1-3-16-10-12-6-8-15(2)13(12)11-5-4-7-14-9-11/h4-5,7,9,12-13H,3,6,8,10H2,1-2H3/t12-,13?/m0/s1. The molecule has 16 heavy (non-hydrogen) atoms. The molecule has 1 aliphatic rings. The lowest BCUT2D eigenvalue weighted by Crippen LogP contribution is -2.23. The van der Waals surface area contributed by atoms with E-state index in [1.165, 1.54) is 12.0 Å². The van der Waals surface area contributed by atoms with E-state index in [0.29, 0.717) is 12.0 Å². The van der Waals surface area contributed by atoms with Crippen molar-refractivity contribution in [2.24, 2.45) is 5.92 Å². The fourth-order valence-corrected chi connectivity index (χ4v) is 2.55. The highest BCUT2D eigenvalue weighted by Gasteiger charge is 2.32. The molecule has 1 aromatic heterocycles. The van der Waals surface area contributed by atoms with Gasteiger partial charge in [-0.25, -0.2) is 0 Å². The molecule has 2 rings (SSSR count). The van der Waals surface area contributed by atoms with Crippen LogP contribution in [-0.2, 0) is 4.74 Å². The highest BCUT2D eigenvalue weighted by molar-refractivity contribution is 5.16. The lowest BCUT2D eigenvalue weighted by atomic mass is 9.96. The zero-order valence-electron chi connectivity index (χ0n) is 10.1. The highest BCUT2D eigenvalue weighted by Crippen LogP contribution is 2.35. The van der Waals surface area contributed by atoms with E-state index in [4.69, 9.17) is 4.74 Å². The topological polar surface area (TPSA) is 25.4 Å². The van der Waals surface area contributed by atoms with Crippen molar-refractivity contribution in [1.82, 2.24) is 9.88 Å². The van der Waals surface area contributed by atoms with Crippen molar-refractivity contribution in [2.75, 3.05) is 26.8 Å². The minimum absolute atomic E-state index is 0.472. The summed E-state index contributed by atoms with van der Waals surface area (Å²) in [5.41, 5.74) is 1.31. The van der Waals surface area contributed by atoms with Crippen molar-refractivity contribution in [1.29, 1.82) is 0 Å². The third kappa shape index (κ3) is 2.42. The monoisotopic (exact) mass is 220 g/mol. The van der Waals surface area contributed by atoms with Crippen molar-refractivity contribution in [3.8, 4) is 0 Å². The minimum Gasteiger partial charge on any atom is -0.381 e. The summed E-state index contributed by atoms with van der Waals surface area (Å²) < 4.78 is 5.57. The third-order valence-corrected chi connectivity index (χ3v) is 3.34. The average molecular weight is 220 g/mol. The molecule has 0 N–H and O–H groups in total. The molecule has 0 bridgehead atoms. The Morgan fingerprint density at radius 2 is 2.44 bits per heavy atom. The van der Waals surface area contributed by atoms with Crippen molar-refractivity contribution in [3.63, 3.8) is 0 Å². The Labute approximate surface area is 97.4 Å². The van der Waals surface area contributed by atoms with E-state index in [9.17, 15) is 0 Å². The summed E-state index contributed by atoms with van der Waals surface area (Å²) >= 11 is 0. The maximum atomic E-state index is 5.57. The first kappa shape index (κ1) is 11.6. The van der Waals surface area contributed by atoms with Crippen LogP contribution in [0.4, 0.5) is 0 Å². The summed E-state index contributed by atoms with van der Waals surface area (Å²) in [4.78, 5) is 6.61. The van der Waals surface area contributed by atoms with E-state index in [1.54, 1.807) is 0 Å². The molecular weight excluding hydrogens is 200 g/mol. The summed E-state index contributed by atoms with van der Waals surface area (Å²) in [7, 11) is 2.18. The molecule has 1 unspecified atom stereocenters. The summed E-state index contributed by atoms with van der Waals surface area (Å²) in [5, 5.41) is 0. The summed E-state index contributed by atoms with van der Waals surface area (Å²) in [5.74, 6) is 0.606. The molecule has 0 amide bonds. The first-order valence-corrected chi connectivity index (χ1v) is 6.01. The maximum Gasteiger partial charge on any atom is 0.0512 e. The van der Waals surface area contributed by atoms with E-state index >= 15 is 0 Å². The van der Waals surface area contributed by atoms with E-state index in [2.05, 4.69) is 29.9 Å². The van der Waals surface area contributed by atoms with Gasteiger partial charge in [0.25, 0.3) is 0 Å². The van der Waals surface area contributed by atoms with E-state index in [1.807, 2.05) is 18.5 Å². The maximum absolute atomic E-state index is 5.57. The van der Waals surface area contributed by atoms with Gasteiger partial charge in [-0.3, -0.25) is 9.88 Å². The van der Waals surface area contributed by atoms with Gasteiger partial charge in [0, 0.05) is 31.0 Å². The molecule has 1 saturated heterocycles.